The predicted octanol–water partition coefficient (Wildman–Crippen LogP) is 2.42. The molecule has 0 aliphatic rings. The zero-order valence-corrected chi connectivity index (χ0v) is 14.8. The van der Waals surface area contributed by atoms with Crippen LogP contribution in [0.5, 0.6) is 5.75 Å². The van der Waals surface area contributed by atoms with E-state index in [0.29, 0.717) is 15.6 Å². The van der Waals surface area contributed by atoms with Crippen molar-refractivity contribution in [2.45, 2.75) is 18.2 Å². The molecule has 2 rings (SSSR count). The first-order valence-electron chi connectivity index (χ1n) is 7.59. The molecule has 0 bridgehead atoms. The molecular weight excluding hydrogens is 342 g/mol. The van der Waals surface area contributed by atoms with Crippen molar-refractivity contribution in [2.75, 3.05) is 13.7 Å². The average Bonchev–Trinajstić information content (AvgIpc) is 2.62. The molecule has 0 aliphatic heterocycles. The van der Waals surface area contributed by atoms with Crippen LogP contribution < -0.4 is 4.74 Å². The molecule has 0 radical (unpaired) electrons. The van der Waals surface area contributed by atoms with Gasteiger partial charge in [-0.3, -0.25) is 9.59 Å². The molecule has 0 unspecified atom stereocenters. The lowest BCUT2D eigenvalue weighted by molar-refractivity contribution is -0.114. The van der Waals surface area contributed by atoms with Gasteiger partial charge < -0.3 is 4.74 Å². The van der Waals surface area contributed by atoms with E-state index in [9.17, 15) is 18.0 Å². The lowest BCUT2D eigenvalue weighted by Crippen LogP contribution is -2.31. The fraction of sp³-hybridized carbons (Fsp3) is 0.222. The molecule has 0 fully saturated rings. The van der Waals surface area contributed by atoms with Crippen molar-refractivity contribution in [3.63, 3.8) is 0 Å². The van der Waals surface area contributed by atoms with Crippen LogP contribution in [0.25, 0.3) is 0 Å². The van der Waals surface area contributed by atoms with Gasteiger partial charge in [-0.2, -0.15) is 0 Å². The first-order chi connectivity index (χ1) is 11.9. The Morgan fingerprint density at radius 3 is 2.44 bits per heavy atom. The Labute approximate surface area is 147 Å². The Hall–Kier alpha value is -2.67. The third-order valence-electron chi connectivity index (χ3n) is 3.70. The number of carbonyl (C=O) groups excluding carboxylic acids is 2. The molecular formula is C18H19NO5S. The summed E-state index contributed by atoms with van der Waals surface area (Å²) in [7, 11) is -2.48. The maximum Gasteiger partial charge on any atom is 0.266 e. The molecule has 0 aliphatic carbocycles. The maximum absolute atomic E-state index is 12.5. The molecule has 1 amide bonds. The van der Waals surface area contributed by atoms with Crippen LogP contribution in [-0.4, -0.2) is 38.6 Å². The topological polar surface area (TPSA) is 80.8 Å². The Kier molecular flexibility index (Phi) is 5.93. The minimum Gasteiger partial charge on any atom is -0.497 e. The predicted molar refractivity (Wildman–Crippen MR) is 93.1 cm³/mol. The average molecular weight is 361 g/mol. The molecule has 6 nitrogen and oxygen atoms in total. The summed E-state index contributed by atoms with van der Waals surface area (Å²) in [4.78, 5) is 23.5. The number of methoxy groups -OCH3 is 1. The number of benzene rings is 2. The van der Waals surface area contributed by atoms with E-state index in [1.165, 1.54) is 19.2 Å². The van der Waals surface area contributed by atoms with Crippen molar-refractivity contribution in [1.29, 1.82) is 0 Å². The van der Waals surface area contributed by atoms with Crippen molar-refractivity contribution in [1.82, 2.24) is 4.31 Å². The molecule has 132 valence electrons. The SMILES string of the molecule is COc1cccc(C(=O)CCN(C=O)S(=O)(=O)c2ccc(C)cc2)c1. The number of amides is 1. The first-order valence-corrected chi connectivity index (χ1v) is 9.03. The molecule has 2 aromatic carbocycles. The van der Waals surface area contributed by atoms with Crippen LogP contribution in [0, 0.1) is 6.92 Å². The molecule has 0 heterocycles. The van der Waals surface area contributed by atoms with Crippen LogP contribution in [-0.2, 0) is 14.8 Å². The zero-order chi connectivity index (χ0) is 18.4. The molecule has 25 heavy (non-hydrogen) atoms. The summed E-state index contributed by atoms with van der Waals surface area (Å²) in [6.07, 6.45) is 0.116. The van der Waals surface area contributed by atoms with E-state index in [2.05, 4.69) is 0 Å². The van der Waals surface area contributed by atoms with Crippen molar-refractivity contribution < 1.29 is 22.7 Å². The van der Waals surface area contributed by atoms with Gasteiger partial charge in [0.05, 0.1) is 12.0 Å². The number of ether oxygens (including phenoxy) is 1. The number of Topliss-reactive ketones (excluding diaryl/α,β-unsaturated/α-hetero) is 1. The lowest BCUT2D eigenvalue weighted by Gasteiger charge is -2.17. The highest BCUT2D eigenvalue weighted by molar-refractivity contribution is 7.89. The Balaban J connectivity index is 2.12. The van der Waals surface area contributed by atoms with Gasteiger partial charge in [-0.1, -0.05) is 29.8 Å². The highest BCUT2D eigenvalue weighted by atomic mass is 32.2. The van der Waals surface area contributed by atoms with Gasteiger partial charge in [0, 0.05) is 18.5 Å². The Bertz CT molecular complexity index is 859. The number of ketones is 1. The van der Waals surface area contributed by atoms with Crippen molar-refractivity contribution in [3.8, 4) is 5.75 Å². The number of hydrogen-bond donors (Lipinski definition) is 0. The van der Waals surface area contributed by atoms with Gasteiger partial charge in [0.15, 0.2) is 5.78 Å². The van der Waals surface area contributed by atoms with Gasteiger partial charge in [-0.05, 0) is 31.2 Å². The minimum atomic E-state index is -3.97. The minimum absolute atomic E-state index is 0.0130. The van der Waals surface area contributed by atoms with Gasteiger partial charge in [-0.25, -0.2) is 12.7 Å². The van der Waals surface area contributed by atoms with Gasteiger partial charge in [0.1, 0.15) is 5.75 Å². The molecule has 0 aromatic heterocycles. The fourth-order valence-electron chi connectivity index (χ4n) is 2.23. The Morgan fingerprint density at radius 1 is 1.16 bits per heavy atom. The van der Waals surface area contributed by atoms with Crippen LogP contribution in [0.1, 0.15) is 22.3 Å². The van der Waals surface area contributed by atoms with Crippen LogP contribution in [0.3, 0.4) is 0 Å². The van der Waals surface area contributed by atoms with Gasteiger partial charge in [0.2, 0.25) is 6.41 Å². The van der Waals surface area contributed by atoms with Crippen LogP contribution in [0.15, 0.2) is 53.4 Å². The highest BCUT2D eigenvalue weighted by Crippen LogP contribution is 2.17. The largest absolute Gasteiger partial charge is 0.497 e. The lowest BCUT2D eigenvalue weighted by atomic mass is 10.1. The summed E-state index contributed by atoms with van der Waals surface area (Å²) < 4.78 is 30.7. The number of sulfonamides is 1. The molecule has 0 spiro atoms. The second-order valence-electron chi connectivity index (χ2n) is 5.44. The number of aryl methyl sites for hydroxylation is 1. The molecule has 0 N–H and O–H groups in total. The van der Waals surface area contributed by atoms with E-state index >= 15 is 0 Å². The van der Waals surface area contributed by atoms with E-state index in [1.54, 1.807) is 36.4 Å². The standard InChI is InChI=1S/C18H19NO5S/c1-14-6-8-17(9-7-14)25(22,23)19(13-20)11-10-18(21)15-4-3-5-16(12-15)24-2/h3-9,12-13H,10-11H2,1-2H3. The number of rotatable bonds is 8. The van der Waals surface area contributed by atoms with Crippen LogP contribution in [0.2, 0.25) is 0 Å². The van der Waals surface area contributed by atoms with E-state index < -0.39 is 10.0 Å². The van der Waals surface area contributed by atoms with Crippen molar-refractivity contribution >= 4 is 22.2 Å². The first kappa shape index (κ1) is 18.7. The third-order valence-corrected chi connectivity index (χ3v) is 5.45. The fourth-order valence-corrected chi connectivity index (χ4v) is 3.42. The smallest absolute Gasteiger partial charge is 0.266 e. The van der Waals surface area contributed by atoms with Gasteiger partial charge in [-0.15, -0.1) is 0 Å². The number of hydrogen-bond acceptors (Lipinski definition) is 5. The monoisotopic (exact) mass is 361 g/mol. The second-order valence-corrected chi connectivity index (χ2v) is 7.33. The van der Waals surface area contributed by atoms with Crippen molar-refractivity contribution in [3.05, 3.63) is 59.7 Å². The van der Waals surface area contributed by atoms with Crippen LogP contribution in [0.4, 0.5) is 0 Å². The highest BCUT2D eigenvalue weighted by Gasteiger charge is 2.23. The molecule has 0 saturated carbocycles. The third kappa shape index (κ3) is 4.45. The zero-order valence-electron chi connectivity index (χ0n) is 14.0. The summed E-state index contributed by atoms with van der Waals surface area (Å²) in [6.45, 7) is 1.61. The Morgan fingerprint density at radius 2 is 1.84 bits per heavy atom. The van der Waals surface area contributed by atoms with E-state index in [-0.39, 0.29) is 30.1 Å². The van der Waals surface area contributed by atoms with E-state index in [0.717, 1.165) is 5.56 Å². The maximum atomic E-state index is 12.5. The van der Waals surface area contributed by atoms with Crippen molar-refractivity contribution in [2.24, 2.45) is 0 Å². The second kappa shape index (κ2) is 7.94. The van der Waals surface area contributed by atoms with Crippen LogP contribution >= 0.6 is 0 Å². The molecule has 7 heteroatoms. The number of nitrogens with zero attached hydrogens (tertiary/aromatic N) is 1. The number of carbonyl (C=O) groups is 2. The normalized spacial score (nSPS) is 11.0. The summed E-state index contributed by atoms with van der Waals surface area (Å²) >= 11 is 0. The summed E-state index contributed by atoms with van der Waals surface area (Å²) in [5.41, 5.74) is 1.31. The van der Waals surface area contributed by atoms with Gasteiger partial charge in [0.25, 0.3) is 10.0 Å². The van der Waals surface area contributed by atoms with E-state index in [4.69, 9.17) is 4.74 Å². The molecule has 2 aromatic rings. The quantitative estimate of drug-likeness (QED) is 0.533. The summed E-state index contributed by atoms with van der Waals surface area (Å²) in [5.74, 6) is 0.259. The summed E-state index contributed by atoms with van der Waals surface area (Å²) in [6, 6.07) is 12.7. The molecule has 0 saturated heterocycles. The summed E-state index contributed by atoms with van der Waals surface area (Å²) in [5, 5.41) is 0. The molecule has 0 atom stereocenters. The van der Waals surface area contributed by atoms with E-state index in [1.807, 2.05) is 6.92 Å². The van der Waals surface area contributed by atoms with Gasteiger partial charge >= 0.3 is 0 Å².